The lowest BCUT2D eigenvalue weighted by atomic mass is 10.1. The van der Waals surface area contributed by atoms with Gasteiger partial charge in [0.25, 0.3) is 0 Å². The zero-order valence-corrected chi connectivity index (χ0v) is 11.0. The maximum Gasteiger partial charge on any atom is 0.304 e. The number of nitrogens with zero attached hydrogens (tertiary/aromatic N) is 2. The van der Waals surface area contributed by atoms with Crippen molar-refractivity contribution >= 4 is 11.9 Å². The van der Waals surface area contributed by atoms with Gasteiger partial charge in [-0.3, -0.25) is 14.5 Å². The van der Waals surface area contributed by atoms with Gasteiger partial charge in [-0.15, -0.1) is 0 Å². The van der Waals surface area contributed by atoms with Crippen LogP contribution in [0.1, 0.15) is 26.2 Å². The Hall–Kier alpha value is -1.14. The highest BCUT2D eigenvalue weighted by atomic mass is 16.4. The van der Waals surface area contributed by atoms with E-state index in [1.54, 1.807) is 0 Å². The van der Waals surface area contributed by atoms with E-state index >= 15 is 0 Å². The minimum absolute atomic E-state index is 0.0609. The lowest BCUT2D eigenvalue weighted by molar-refractivity contribution is -0.138. The number of carboxylic acids is 1. The average molecular weight is 257 g/mol. The number of carbonyl (C=O) groups excluding carboxylic acids is 1. The molecule has 1 fully saturated rings. The van der Waals surface area contributed by atoms with Crippen LogP contribution in [0.2, 0.25) is 0 Å². The molecule has 0 aromatic rings. The monoisotopic (exact) mass is 257 g/mol. The molecule has 6 heteroatoms. The number of carboxylic acid groups (broad SMARTS) is 1. The Morgan fingerprint density at radius 1 is 1.22 bits per heavy atom. The number of aliphatic carboxylic acids is 1. The van der Waals surface area contributed by atoms with E-state index in [0.717, 1.165) is 19.5 Å². The van der Waals surface area contributed by atoms with Gasteiger partial charge < -0.3 is 15.7 Å². The largest absolute Gasteiger partial charge is 0.481 e. The normalized spacial score (nSPS) is 18.7. The molecular weight excluding hydrogens is 234 g/mol. The van der Waals surface area contributed by atoms with Crippen molar-refractivity contribution in [3.8, 4) is 0 Å². The van der Waals surface area contributed by atoms with Crippen LogP contribution in [0.3, 0.4) is 0 Å². The van der Waals surface area contributed by atoms with E-state index in [2.05, 4.69) is 4.90 Å². The molecule has 1 aliphatic rings. The van der Waals surface area contributed by atoms with E-state index in [9.17, 15) is 9.59 Å². The molecule has 1 heterocycles. The van der Waals surface area contributed by atoms with Crippen LogP contribution in [0.25, 0.3) is 0 Å². The number of hydrogen-bond donors (Lipinski definition) is 2. The van der Waals surface area contributed by atoms with Crippen molar-refractivity contribution < 1.29 is 14.7 Å². The van der Waals surface area contributed by atoms with Crippen molar-refractivity contribution in [2.75, 3.05) is 32.7 Å². The highest BCUT2D eigenvalue weighted by Crippen LogP contribution is 2.06. The molecule has 1 aliphatic heterocycles. The Balaban J connectivity index is 2.22. The van der Waals surface area contributed by atoms with Gasteiger partial charge in [0, 0.05) is 45.2 Å². The highest BCUT2D eigenvalue weighted by molar-refractivity contribution is 5.76. The van der Waals surface area contributed by atoms with Gasteiger partial charge in [-0.25, -0.2) is 0 Å². The fraction of sp³-hybridized carbons (Fsp3) is 0.833. The molecule has 6 nitrogen and oxygen atoms in total. The number of piperazine rings is 1. The predicted molar refractivity (Wildman–Crippen MR) is 68.2 cm³/mol. The molecule has 0 aromatic carbocycles. The third-order valence-electron chi connectivity index (χ3n) is 3.18. The Morgan fingerprint density at radius 2 is 1.83 bits per heavy atom. The molecule has 104 valence electrons. The summed E-state index contributed by atoms with van der Waals surface area (Å²) in [5, 5.41) is 8.60. The van der Waals surface area contributed by atoms with Crippen LogP contribution in [-0.2, 0) is 9.59 Å². The summed E-state index contributed by atoms with van der Waals surface area (Å²) in [5.74, 6) is -0.615. The van der Waals surface area contributed by atoms with Crippen molar-refractivity contribution in [1.82, 2.24) is 9.80 Å². The zero-order chi connectivity index (χ0) is 13.5. The summed E-state index contributed by atoms with van der Waals surface area (Å²) in [6.45, 7) is 5.37. The maximum atomic E-state index is 11.8. The SMILES string of the molecule is CC(N)CCC(=O)N1CCN(CCC(=O)O)CC1. The van der Waals surface area contributed by atoms with Gasteiger partial charge in [-0.05, 0) is 13.3 Å². The van der Waals surface area contributed by atoms with Gasteiger partial charge >= 0.3 is 5.97 Å². The molecule has 18 heavy (non-hydrogen) atoms. The molecule has 0 spiro atoms. The van der Waals surface area contributed by atoms with Crippen LogP contribution in [0.15, 0.2) is 0 Å². The van der Waals surface area contributed by atoms with Gasteiger partial charge in [0.1, 0.15) is 0 Å². The lowest BCUT2D eigenvalue weighted by Gasteiger charge is -2.34. The van der Waals surface area contributed by atoms with Crippen LogP contribution in [0, 0.1) is 0 Å². The summed E-state index contributed by atoms with van der Waals surface area (Å²) in [4.78, 5) is 26.2. The average Bonchev–Trinajstić information content (AvgIpc) is 2.34. The van der Waals surface area contributed by atoms with E-state index < -0.39 is 5.97 Å². The molecule has 0 aromatic heterocycles. The standard InChI is InChI=1S/C12H23N3O3/c1-10(13)2-3-11(16)15-8-6-14(7-9-15)5-4-12(17)18/h10H,2-9,13H2,1H3,(H,17,18). The lowest BCUT2D eigenvalue weighted by Crippen LogP contribution is -2.49. The molecule has 1 atom stereocenters. The van der Waals surface area contributed by atoms with Crippen molar-refractivity contribution in [1.29, 1.82) is 0 Å². The minimum atomic E-state index is -0.773. The summed E-state index contributed by atoms with van der Waals surface area (Å²) in [6, 6.07) is 0.0609. The summed E-state index contributed by atoms with van der Waals surface area (Å²) in [7, 11) is 0. The van der Waals surface area contributed by atoms with Gasteiger partial charge in [0.2, 0.25) is 5.91 Å². The van der Waals surface area contributed by atoms with Gasteiger partial charge in [0.15, 0.2) is 0 Å². The predicted octanol–water partition coefficient (Wildman–Crippen LogP) is -0.267. The Labute approximate surface area is 108 Å². The summed E-state index contributed by atoms with van der Waals surface area (Å²) < 4.78 is 0. The van der Waals surface area contributed by atoms with E-state index in [1.807, 2.05) is 11.8 Å². The maximum absolute atomic E-state index is 11.8. The quantitative estimate of drug-likeness (QED) is 0.684. The Morgan fingerprint density at radius 3 is 2.33 bits per heavy atom. The van der Waals surface area contributed by atoms with E-state index in [-0.39, 0.29) is 18.4 Å². The molecule has 1 amide bonds. The number of hydrogen-bond acceptors (Lipinski definition) is 4. The first kappa shape index (κ1) is 14.9. The summed E-state index contributed by atoms with van der Waals surface area (Å²) in [5.41, 5.74) is 5.63. The molecule has 3 N–H and O–H groups in total. The third-order valence-corrected chi connectivity index (χ3v) is 3.18. The second kappa shape index (κ2) is 7.33. The first-order valence-corrected chi connectivity index (χ1v) is 6.46. The number of rotatable bonds is 6. The van der Waals surface area contributed by atoms with Crippen molar-refractivity contribution in [2.45, 2.75) is 32.2 Å². The molecule has 0 saturated carbocycles. The fourth-order valence-electron chi connectivity index (χ4n) is 1.98. The van der Waals surface area contributed by atoms with Crippen LogP contribution in [-0.4, -0.2) is 65.5 Å². The topological polar surface area (TPSA) is 86.9 Å². The van der Waals surface area contributed by atoms with Gasteiger partial charge in [0.05, 0.1) is 6.42 Å². The zero-order valence-electron chi connectivity index (χ0n) is 11.0. The molecule has 0 radical (unpaired) electrons. The second-order valence-electron chi connectivity index (χ2n) is 4.88. The number of nitrogens with two attached hydrogens (primary N) is 1. The van der Waals surface area contributed by atoms with Crippen LogP contribution in [0.5, 0.6) is 0 Å². The van der Waals surface area contributed by atoms with E-state index in [4.69, 9.17) is 10.8 Å². The summed E-state index contributed by atoms with van der Waals surface area (Å²) >= 11 is 0. The van der Waals surface area contributed by atoms with Crippen LogP contribution in [0.4, 0.5) is 0 Å². The van der Waals surface area contributed by atoms with Crippen molar-refractivity contribution in [3.63, 3.8) is 0 Å². The molecular formula is C12H23N3O3. The number of carbonyl (C=O) groups is 2. The molecule has 0 bridgehead atoms. The van der Waals surface area contributed by atoms with E-state index in [0.29, 0.717) is 26.1 Å². The molecule has 1 unspecified atom stereocenters. The first-order chi connectivity index (χ1) is 8.49. The smallest absolute Gasteiger partial charge is 0.304 e. The second-order valence-corrected chi connectivity index (χ2v) is 4.88. The fourth-order valence-corrected chi connectivity index (χ4v) is 1.98. The molecule has 0 aliphatic carbocycles. The van der Waals surface area contributed by atoms with E-state index in [1.165, 1.54) is 0 Å². The Bertz CT molecular complexity index is 286. The van der Waals surface area contributed by atoms with Crippen LogP contribution >= 0.6 is 0 Å². The summed E-state index contributed by atoms with van der Waals surface area (Å²) in [6.07, 6.45) is 1.39. The highest BCUT2D eigenvalue weighted by Gasteiger charge is 2.21. The minimum Gasteiger partial charge on any atom is -0.481 e. The molecule has 1 rings (SSSR count). The van der Waals surface area contributed by atoms with Gasteiger partial charge in [-0.1, -0.05) is 0 Å². The number of amides is 1. The van der Waals surface area contributed by atoms with Crippen LogP contribution < -0.4 is 5.73 Å². The van der Waals surface area contributed by atoms with Crippen molar-refractivity contribution in [2.24, 2.45) is 5.73 Å². The van der Waals surface area contributed by atoms with Crippen molar-refractivity contribution in [3.05, 3.63) is 0 Å². The molecule has 1 saturated heterocycles. The van der Waals surface area contributed by atoms with Gasteiger partial charge in [-0.2, -0.15) is 0 Å². The first-order valence-electron chi connectivity index (χ1n) is 6.46. The third kappa shape index (κ3) is 5.46. The Kier molecular flexibility index (Phi) is 6.07.